The molecule has 0 N–H and O–H groups in total. The van der Waals surface area contributed by atoms with Gasteiger partial charge in [0.25, 0.3) is 5.91 Å². The van der Waals surface area contributed by atoms with Crippen molar-refractivity contribution in [3.05, 3.63) is 47.8 Å². The number of amides is 1. The lowest BCUT2D eigenvalue weighted by molar-refractivity contribution is -0.141. The molecule has 0 unspecified atom stereocenters. The van der Waals surface area contributed by atoms with E-state index >= 15 is 0 Å². The number of benzene rings is 1. The van der Waals surface area contributed by atoms with Crippen molar-refractivity contribution < 1.29 is 22.7 Å². The average Bonchev–Trinajstić information content (AvgIpc) is 3.24. The van der Waals surface area contributed by atoms with Gasteiger partial charge in [0, 0.05) is 61.7 Å². The smallest absolute Gasteiger partial charge is 0.406 e. The number of carbonyl (C=O) groups is 1. The fourth-order valence-corrected chi connectivity index (χ4v) is 5.20. The van der Waals surface area contributed by atoms with Crippen molar-refractivity contribution in [1.29, 1.82) is 0 Å². The Kier molecular flexibility index (Phi) is 6.55. The molecule has 1 aromatic carbocycles. The fraction of sp³-hybridized carbons (Fsp3) is 0.481. The van der Waals surface area contributed by atoms with Crippen LogP contribution in [0.4, 0.5) is 18.9 Å². The zero-order valence-corrected chi connectivity index (χ0v) is 21.5. The number of hydrogen-bond donors (Lipinski definition) is 0. The average molecular weight is 516 g/mol. The van der Waals surface area contributed by atoms with E-state index in [-0.39, 0.29) is 17.9 Å². The second-order valence-electron chi connectivity index (χ2n) is 10.4. The van der Waals surface area contributed by atoms with Gasteiger partial charge in [-0.1, -0.05) is 0 Å². The number of nitrogens with zero attached hydrogens (tertiary/aromatic N) is 5. The monoisotopic (exact) mass is 515 g/mol. The summed E-state index contributed by atoms with van der Waals surface area (Å²) in [6.07, 6.45) is -0.360. The summed E-state index contributed by atoms with van der Waals surface area (Å²) in [7, 11) is 3.59. The van der Waals surface area contributed by atoms with Crippen LogP contribution in [0, 0.1) is 5.92 Å². The molecule has 4 heterocycles. The topological polar surface area (TPSA) is 53.3 Å². The molecule has 3 aromatic rings. The minimum Gasteiger partial charge on any atom is -0.496 e. The van der Waals surface area contributed by atoms with Gasteiger partial charge >= 0.3 is 6.18 Å². The highest BCUT2D eigenvalue weighted by atomic mass is 19.4. The Labute approximate surface area is 214 Å². The highest BCUT2D eigenvalue weighted by Crippen LogP contribution is 2.36. The van der Waals surface area contributed by atoms with E-state index in [1.165, 1.54) is 7.11 Å². The first kappa shape index (κ1) is 25.4. The quantitative estimate of drug-likeness (QED) is 0.469. The lowest BCUT2D eigenvalue weighted by Crippen LogP contribution is -2.51. The molecule has 0 spiro atoms. The molecule has 1 fully saturated rings. The standard InChI is InChI=1S/C27H32F3N5O2/c1-17(2)32(3)13-18-14-34(15-18)21-6-8-35-22(12-31-24(35)11-21)20-9-19-5-7-33(16-27(28,29)30)26(36)25(19)23(10-20)37-4/h6,8-12,17-18H,5,7,13-16H2,1-4H3. The maximum absolute atomic E-state index is 12.9. The third-order valence-corrected chi connectivity index (χ3v) is 7.47. The summed E-state index contributed by atoms with van der Waals surface area (Å²) in [5, 5.41) is 0. The van der Waals surface area contributed by atoms with Crippen LogP contribution in [-0.2, 0) is 6.42 Å². The van der Waals surface area contributed by atoms with Gasteiger partial charge < -0.3 is 19.4 Å². The number of aromatic nitrogens is 2. The first-order chi connectivity index (χ1) is 17.5. The first-order valence-corrected chi connectivity index (χ1v) is 12.5. The molecule has 0 radical (unpaired) electrons. The number of halogens is 3. The van der Waals surface area contributed by atoms with E-state index in [1.54, 1.807) is 12.3 Å². The van der Waals surface area contributed by atoms with E-state index in [1.807, 2.05) is 16.7 Å². The Hall–Kier alpha value is -3.27. The highest BCUT2D eigenvalue weighted by molar-refractivity contribution is 6.00. The van der Waals surface area contributed by atoms with Crippen LogP contribution in [0.2, 0.25) is 0 Å². The molecule has 37 heavy (non-hydrogen) atoms. The first-order valence-electron chi connectivity index (χ1n) is 12.5. The summed E-state index contributed by atoms with van der Waals surface area (Å²) in [4.78, 5) is 23.0. The number of imidazole rings is 1. The number of methoxy groups -OCH3 is 1. The van der Waals surface area contributed by atoms with Gasteiger partial charge in [0.05, 0.1) is 24.6 Å². The van der Waals surface area contributed by atoms with Crippen molar-refractivity contribution in [2.24, 2.45) is 5.92 Å². The lowest BCUT2D eigenvalue weighted by Gasteiger charge is -2.43. The SMILES string of the molecule is COc1cc(-c2cnc3cc(N4CC(CN(C)C(C)C)C4)ccn23)cc2c1C(=O)N(CC(F)(F)F)CC2. The summed E-state index contributed by atoms with van der Waals surface area (Å²) in [6.45, 7) is 6.28. The molecule has 1 amide bonds. The number of carbonyl (C=O) groups excluding carboxylic acids is 1. The van der Waals surface area contributed by atoms with Crippen LogP contribution in [0.3, 0.4) is 0 Å². The predicted octanol–water partition coefficient (Wildman–Crippen LogP) is 4.35. The molecule has 5 rings (SSSR count). The van der Waals surface area contributed by atoms with Crippen LogP contribution in [0.5, 0.6) is 5.75 Å². The molecule has 0 saturated carbocycles. The lowest BCUT2D eigenvalue weighted by atomic mass is 9.94. The fourth-order valence-electron chi connectivity index (χ4n) is 5.20. The number of hydrogen-bond acceptors (Lipinski definition) is 5. The van der Waals surface area contributed by atoms with Gasteiger partial charge in [-0.25, -0.2) is 4.98 Å². The molecule has 1 saturated heterocycles. The van der Waals surface area contributed by atoms with E-state index in [0.29, 0.717) is 23.9 Å². The molecule has 0 atom stereocenters. The van der Waals surface area contributed by atoms with E-state index in [0.717, 1.165) is 47.1 Å². The summed E-state index contributed by atoms with van der Waals surface area (Å²) >= 11 is 0. The number of fused-ring (bicyclic) bond motifs is 2. The molecule has 0 bridgehead atoms. The minimum absolute atomic E-state index is 0.0122. The number of rotatable bonds is 7. The van der Waals surface area contributed by atoms with Gasteiger partial charge in [-0.3, -0.25) is 9.20 Å². The molecule has 2 aliphatic rings. The summed E-state index contributed by atoms with van der Waals surface area (Å²) in [6, 6.07) is 8.25. The second kappa shape index (κ2) is 9.55. The normalized spacial score (nSPS) is 16.6. The van der Waals surface area contributed by atoms with Crippen LogP contribution in [0.25, 0.3) is 16.9 Å². The van der Waals surface area contributed by atoms with Gasteiger partial charge in [0.1, 0.15) is 17.9 Å². The molecule has 7 nitrogen and oxygen atoms in total. The van der Waals surface area contributed by atoms with Crippen molar-refractivity contribution in [2.75, 3.05) is 51.8 Å². The molecule has 198 valence electrons. The Morgan fingerprint density at radius 2 is 1.97 bits per heavy atom. The Morgan fingerprint density at radius 1 is 1.22 bits per heavy atom. The zero-order valence-electron chi connectivity index (χ0n) is 21.5. The van der Waals surface area contributed by atoms with Crippen LogP contribution < -0.4 is 9.64 Å². The van der Waals surface area contributed by atoms with Gasteiger partial charge in [0.15, 0.2) is 0 Å². The number of anilines is 1. The van der Waals surface area contributed by atoms with E-state index in [4.69, 9.17) is 4.74 Å². The van der Waals surface area contributed by atoms with Gasteiger partial charge in [0.2, 0.25) is 0 Å². The summed E-state index contributed by atoms with van der Waals surface area (Å²) < 4.78 is 46.2. The van der Waals surface area contributed by atoms with Crippen molar-refractivity contribution in [1.82, 2.24) is 19.2 Å². The van der Waals surface area contributed by atoms with Crippen molar-refractivity contribution in [2.45, 2.75) is 32.5 Å². The minimum atomic E-state index is -4.45. The van der Waals surface area contributed by atoms with E-state index < -0.39 is 18.6 Å². The third-order valence-electron chi connectivity index (χ3n) is 7.47. The molecule has 10 heteroatoms. The molecular formula is C27H32F3N5O2. The molecule has 2 aliphatic heterocycles. The second-order valence-corrected chi connectivity index (χ2v) is 10.4. The van der Waals surface area contributed by atoms with Gasteiger partial charge in [-0.2, -0.15) is 13.2 Å². The number of pyridine rings is 1. The highest BCUT2D eigenvalue weighted by Gasteiger charge is 2.37. The van der Waals surface area contributed by atoms with Gasteiger partial charge in [-0.15, -0.1) is 0 Å². The maximum atomic E-state index is 12.9. The summed E-state index contributed by atoms with van der Waals surface area (Å²) in [5.74, 6) is 0.266. The molecular weight excluding hydrogens is 483 g/mol. The number of ether oxygens (including phenoxy) is 1. The molecule has 0 aliphatic carbocycles. The Bertz CT molecular complexity index is 1300. The molecule has 2 aromatic heterocycles. The van der Waals surface area contributed by atoms with Crippen LogP contribution in [-0.4, -0.2) is 84.2 Å². The predicted molar refractivity (Wildman–Crippen MR) is 136 cm³/mol. The maximum Gasteiger partial charge on any atom is 0.406 e. The third kappa shape index (κ3) is 4.99. The Balaban J connectivity index is 1.38. The van der Waals surface area contributed by atoms with Crippen LogP contribution in [0.15, 0.2) is 36.7 Å². The van der Waals surface area contributed by atoms with Gasteiger partial charge in [-0.05, 0) is 51.1 Å². The van der Waals surface area contributed by atoms with Crippen LogP contribution in [0.1, 0.15) is 29.8 Å². The van der Waals surface area contributed by atoms with Crippen molar-refractivity contribution >= 4 is 17.2 Å². The Morgan fingerprint density at radius 3 is 2.65 bits per heavy atom. The number of alkyl halides is 3. The van der Waals surface area contributed by atoms with E-state index in [2.05, 4.69) is 47.8 Å². The van der Waals surface area contributed by atoms with Crippen LogP contribution >= 0.6 is 0 Å². The zero-order chi connectivity index (χ0) is 26.5. The summed E-state index contributed by atoms with van der Waals surface area (Å²) in [5.41, 5.74) is 4.45. The largest absolute Gasteiger partial charge is 0.496 e. The van der Waals surface area contributed by atoms with E-state index in [9.17, 15) is 18.0 Å². The van der Waals surface area contributed by atoms with Crippen molar-refractivity contribution in [3.63, 3.8) is 0 Å². The van der Waals surface area contributed by atoms with Crippen molar-refractivity contribution in [3.8, 4) is 17.0 Å².